The monoisotopic (exact) mass is 259 g/mol. The molecule has 0 heterocycles. The van der Waals surface area contributed by atoms with Crippen molar-refractivity contribution in [1.29, 1.82) is 0 Å². The van der Waals surface area contributed by atoms with Crippen molar-refractivity contribution in [2.75, 3.05) is 13.6 Å². The van der Waals surface area contributed by atoms with E-state index < -0.39 is 29.0 Å². The predicted molar refractivity (Wildman–Crippen MR) is 57.2 cm³/mol. The molecule has 0 unspecified atom stereocenters. The molecule has 0 saturated heterocycles. The second-order valence-electron chi connectivity index (χ2n) is 3.56. The van der Waals surface area contributed by atoms with Crippen LogP contribution in [-0.4, -0.2) is 24.4 Å². The average Bonchev–Trinajstić information content (AvgIpc) is 2.27. The van der Waals surface area contributed by atoms with Crippen LogP contribution in [0.1, 0.15) is 15.9 Å². The molecule has 6 heteroatoms. The van der Waals surface area contributed by atoms with E-state index in [1.54, 1.807) is 0 Å². The molecule has 96 valence electrons. The highest BCUT2D eigenvalue weighted by molar-refractivity contribution is 5.94. The smallest absolute Gasteiger partial charge is 0.330 e. The number of halogens is 4. The van der Waals surface area contributed by atoms with Crippen molar-refractivity contribution in [1.82, 2.24) is 4.90 Å². The average molecular weight is 259 g/mol. The molecule has 1 aromatic carbocycles. The first kappa shape index (κ1) is 14.0. The zero-order valence-electron chi connectivity index (χ0n) is 9.38. The normalized spacial score (nSPS) is 10.9. The third-order valence-electron chi connectivity index (χ3n) is 2.20. The number of rotatable bonds is 2. The minimum absolute atomic E-state index is 0.117. The molecule has 0 aliphatic rings. The van der Waals surface area contributed by atoms with Gasteiger partial charge in [-0.05, 0) is 18.2 Å². The molecule has 0 bridgehead atoms. The number of amides is 1. The maximum atomic E-state index is 13.3. The van der Waals surface area contributed by atoms with Crippen LogP contribution in [0, 0.1) is 18.2 Å². The molecule has 1 rings (SSSR count). The second-order valence-corrected chi connectivity index (χ2v) is 3.56. The highest BCUT2D eigenvalue weighted by atomic mass is 19.4. The van der Waals surface area contributed by atoms with Crippen LogP contribution in [0.5, 0.6) is 0 Å². The van der Waals surface area contributed by atoms with E-state index in [2.05, 4.69) is 5.92 Å². The minimum Gasteiger partial charge on any atom is -0.330 e. The highest BCUT2D eigenvalue weighted by Crippen LogP contribution is 2.30. The van der Waals surface area contributed by atoms with Gasteiger partial charge in [0.25, 0.3) is 5.91 Å². The lowest BCUT2D eigenvalue weighted by molar-refractivity contribution is -0.137. The number of hydrogen-bond acceptors (Lipinski definition) is 1. The van der Waals surface area contributed by atoms with Crippen LogP contribution in [-0.2, 0) is 6.18 Å². The van der Waals surface area contributed by atoms with Gasteiger partial charge in [0.1, 0.15) is 5.82 Å². The Kier molecular flexibility index (Phi) is 3.96. The molecule has 0 atom stereocenters. The lowest BCUT2D eigenvalue weighted by Gasteiger charge is -2.15. The van der Waals surface area contributed by atoms with Gasteiger partial charge in [0.2, 0.25) is 0 Å². The van der Waals surface area contributed by atoms with Crippen molar-refractivity contribution in [3.63, 3.8) is 0 Å². The second kappa shape index (κ2) is 5.08. The van der Waals surface area contributed by atoms with Gasteiger partial charge in [-0.1, -0.05) is 5.92 Å². The molecule has 1 aromatic rings. The quantitative estimate of drug-likeness (QED) is 0.590. The molecule has 0 fully saturated rings. The topological polar surface area (TPSA) is 20.3 Å². The fourth-order valence-corrected chi connectivity index (χ4v) is 1.28. The Bertz CT molecular complexity index is 502. The zero-order chi connectivity index (χ0) is 13.9. The van der Waals surface area contributed by atoms with Gasteiger partial charge in [0, 0.05) is 7.05 Å². The number of carbonyl (C=O) groups excluding carboxylic acids is 1. The molecule has 18 heavy (non-hydrogen) atoms. The Morgan fingerprint density at radius 3 is 2.56 bits per heavy atom. The van der Waals surface area contributed by atoms with Crippen LogP contribution in [0.25, 0.3) is 0 Å². The van der Waals surface area contributed by atoms with E-state index in [4.69, 9.17) is 6.42 Å². The van der Waals surface area contributed by atoms with E-state index >= 15 is 0 Å². The molecular weight excluding hydrogens is 250 g/mol. The summed E-state index contributed by atoms with van der Waals surface area (Å²) in [6.07, 6.45) is 0.333. The maximum absolute atomic E-state index is 13.3. The number of alkyl halides is 3. The SMILES string of the molecule is C#CCN(C)C(=O)c1cc(C(F)(F)F)ccc1F. The van der Waals surface area contributed by atoms with E-state index in [0.717, 1.165) is 4.90 Å². The van der Waals surface area contributed by atoms with Crippen LogP contribution in [0.3, 0.4) is 0 Å². The number of hydrogen-bond donors (Lipinski definition) is 0. The molecule has 0 N–H and O–H groups in total. The van der Waals surface area contributed by atoms with Crippen molar-refractivity contribution in [2.24, 2.45) is 0 Å². The third kappa shape index (κ3) is 3.00. The number of terminal acetylenes is 1. The van der Waals surface area contributed by atoms with E-state index in [1.807, 2.05) is 0 Å². The molecule has 1 amide bonds. The van der Waals surface area contributed by atoms with Gasteiger partial charge in [-0.25, -0.2) is 4.39 Å². The predicted octanol–water partition coefficient (Wildman–Crippen LogP) is 2.55. The number of benzene rings is 1. The van der Waals surface area contributed by atoms with Gasteiger partial charge in [-0.15, -0.1) is 6.42 Å². The Labute approximate surface area is 101 Å². The largest absolute Gasteiger partial charge is 0.416 e. The Morgan fingerprint density at radius 2 is 2.06 bits per heavy atom. The molecule has 0 spiro atoms. The van der Waals surface area contributed by atoms with Gasteiger partial charge >= 0.3 is 6.18 Å². The summed E-state index contributed by atoms with van der Waals surface area (Å²) >= 11 is 0. The van der Waals surface area contributed by atoms with Gasteiger partial charge < -0.3 is 4.90 Å². The first-order chi connectivity index (χ1) is 8.27. The highest BCUT2D eigenvalue weighted by Gasteiger charge is 2.32. The fraction of sp³-hybridized carbons (Fsp3) is 0.250. The van der Waals surface area contributed by atoms with Crippen molar-refractivity contribution in [3.05, 3.63) is 35.1 Å². The summed E-state index contributed by atoms with van der Waals surface area (Å²) in [4.78, 5) is 12.6. The molecule has 0 aliphatic heterocycles. The lowest BCUT2D eigenvalue weighted by Crippen LogP contribution is -2.28. The molecule has 0 saturated carbocycles. The number of nitrogens with zero attached hydrogens (tertiary/aromatic N) is 1. The van der Waals surface area contributed by atoms with Gasteiger partial charge in [0.15, 0.2) is 0 Å². The van der Waals surface area contributed by atoms with Crippen LogP contribution < -0.4 is 0 Å². The summed E-state index contributed by atoms with van der Waals surface area (Å²) in [6, 6.07) is 1.66. The summed E-state index contributed by atoms with van der Waals surface area (Å²) in [5.41, 5.74) is -1.73. The summed E-state index contributed by atoms with van der Waals surface area (Å²) < 4.78 is 50.6. The first-order valence-electron chi connectivity index (χ1n) is 4.83. The molecule has 2 nitrogen and oxygen atoms in total. The fourth-order valence-electron chi connectivity index (χ4n) is 1.28. The zero-order valence-corrected chi connectivity index (χ0v) is 9.38. The van der Waals surface area contributed by atoms with Crippen LogP contribution >= 0.6 is 0 Å². The summed E-state index contributed by atoms with van der Waals surface area (Å²) in [5, 5.41) is 0. The van der Waals surface area contributed by atoms with E-state index in [0.29, 0.717) is 18.2 Å². The Balaban J connectivity index is 3.17. The van der Waals surface area contributed by atoms with Crippen molar-refractivity contribution in [3.8, 4) is 12.3 Å². The Morgan fingerprint density at radius 1 is 1.44 bits per heavy atom. The molecular formula is C12H9F4NO. The van der Waals surface area contributed by atoms with Crippen molar-refractivity contribution < 1.29 is 22.4 Å². The number of carbonyl (C=O) groups is 1. The lowest BCUT2D eigenvalue weighted by atomic mass is 10.1. The maximum Gasteiger partial charge on any atom is 0.416 e. The molecule has 0 radical (unpaired) electrons. The van der Waals surface area contributed by atoms with Gasteiger partial charge in [-0.3, -0.25) is 4.79 Å². The third-order valence-corrected chi connectivity index (χ3v) is 2.20. The van der Waals surface area contributed by atoms with Crippen molar-refractivity contribution in [2.45, 2.75) is 6.18 Å². The van der Waals surface area contributed by atoms with Crippen LogP contribution in [0.15, 0.2) is 18.2 Å². The minimum atomic E-state index is -4.63. The van der Waals surface area contributed by atoms with E-state index in [1.165, 1.54) is 7.05 Å². The van der Waals surface area contributed by atoms with E-state index in [-0.39, 0.29) is 6.54 Å². The van der Waals surface area contributed by atoms with Crippen LogP contribution in [0.2, 0.25) is 0 Å². The van der Waals surface area contributed by atoms with E-state index in [9.17, 15) is 22.4 Å². The summed E-state index contributed by atoms with van der Waals surface area (Å²) in [6.45, 7) is -0.117. The Hall–Kier alpha value is -2.03. The molecule has 0 aromatic heterocycles. The summed E-state index contributed by atoms with van der Waals surface area (Å²) in [5.74, 6) is 0.234. The standard InChI is InChI=1S/C12H9F4NO/c1-3-6-17(2)11(18)9-7-8(12(14,15)16)4-5-10(9)13/h1,4-5,7H,6H2,2H3. The summed E-state index contributed by atoms with van der Waals surface area (Å²) in [7, 11) is 1.28. The molecule has 0 aliphatic carbocycles. The van der Waals surface area contributed by atoms with Gasteiger partial charge in [0.05, 0.1) is 17.7 Å². The van der Waals surface area contributed by atoms with Crippen LogP contribution in [0.4, 0.5) is 17.6 Å². The van der Waals surface area contributed by atoms with Gasteiger partial charge in [-0.2, -0.15) is 13.2 Å². The van der Waals surface area contributed by atoms with Crippen molar-refractivity contribution >= 4 is 5.91 Å². The first-order valence-corrected chi connectivity index (χ1v) is 4.83.